The molecule has 110 valence electrons. The number of nitrogens with zero attached hydrogens (tertiary/aromatic N) is 2. The smallest absolute Gasteiger partial charge is 0.185 e. The summed E-state index contributed by atoms with van der Waals surface area (Å²) in [5.41, 5.74) is -2.39. The summed E-state index contributed by atoms with van der Waals surface area (Å²) in [6.45, 7) is 0. The molecule has 8 heteroatoms. The van der Waals surface area contributed by atoms with Gasteiger partial charge in [-0.3, -0.25) is 0 Å². The van der Waals surface area contributed by atoms with Crippen molar-refractivity contribution in [1.82, 2.24) is 0 Å². The average molecular weight is 387 g/mol. The van der Waals surface area contributed by atoms with E-state index in [2.05, 4.69) is 21.2 Å². The minimum atomic E-state index is -1.66. The zero-order valence-electron chi connectivity index (χ0n) is 10.5. The van der Waals surface area contributed by atoms with Gasteiger partial charge in [0.1, 0.15) is 23.3 Å². The van der Waals surface area contributed by atoms with Crippen molar-refractivity contribution in [1.29, 1.82) is 10.5 Å². The Morgan fingerprint density at radius 1 is 1.00 bits per heavy atom. The van der Waals surface area contributed by atoms with Gasteiger partial charge in [0.15, 0.2) is 17.5 Å². The summed E-state index contributed by atoms with van der Waals surface area (Å²) in [5.74, 6) is -4.60. The van der Waals surface area contributed by atoms with Crippen molar-refractivity contribution < 1.29 is 13.2 Å². The van der Waals surface area contributed by atoms with Crippen molar-refractivity contribution in [3.63, 3.8) is 0 Å². The van der Waals surface area contributed by atoms with E-state index in [0.29, 0.717) is 9.50 Å². The Labute approximate surface area is 136 Å². The van der Waals surface area contributed by atoms with E-state index < -0.39 is 34.3 Å². The van der Waals surface area contributed by atoms with Crippen molar-refractivity contribution in [3.8, 4) is 12.1 Å². The molecule has 2 rings (SSSR count). The van der Waals surface area contributed by atoms with Gasteiger partial charge in [0.2, 0.25) is 0 Å². The van der Waals surface area contributed by atoms with Crippen LogP contribution in [0.3, 0.4) is 0 Å². The topological polar surface area (TPSA) is 59.6 Å². The summed E-state index contributed by atoms with van der Waals surface area (Å²) in [4.78, 5) is 0. The molecule has 0 aliphatic rings. The van der Waals surface area contributed by atoms with Crippen molar-refractivity contribution >= 4 is 38.9 Å². The van der Waals surface area contributed by atoms with Crippen LogP contribution in [0.15, 0.2) is 22.7 Å². The Morgan fingerprint density at radius 3 is 2.18 bits per heavy atom. The van der Waals surface area contributed by atoms with Gasteiger partial charge in [-0.1, -0.05) is 11.6 Å². The van der Waals surface area contributed by atoms with Crippen LogP contribution >= 0.6 is 27.5 Å². The monoisotopic (exact) mass is 385 g/mol. The van der Waals surface area contributed by atoms with Gasteiger partial charge in [-0.15, -0.1) is 0 Å². The first-order valence-electron chi connectivity index (χ1n) is 5.63. The lowest BCUT2D eigenvalue weighted by Gasteiger charge is -2.13. The molecule has 22 heavy (non-hydrogen) atoms. The molecule has 0 unspecified atom stereocenters. The molecule has 0 bridgehead atoms. The molecule has 0 radical (unpaired) electrons. The molecule has 0 saturated carbocycles. The Kier molecular flexibility index (Phi) is 4.60. The summed E-state index contributed by atoms with van der Waals surface area (Å²) >= 11 is 8.91. The molecular formula is C14H4BrClF3N3. The van der Waals surface area contributed by atoms with Gasteiger partial charge < -0.3 is 5.32 Å². The summed E-state index contributed by atoms with van der Waals surface area (Å²) in [7, 11) is 0. The molecule has 2 aromatic carbocycles. The van der Waals surface area contributed by atoms with Crippen LogP contribution in [0.25, 0.3) is 0 Å². The van der Waals surface area contributed by atoms with E-state index in [4.69, 9.17) is 22.1 Å². The molecule has 0 atom stereocenters. The lowest BCUT2D eigenvalue weighted by molar-refractivity contribution is 0.493. The zero-order valence-corrected chi connectivity index (χ0v) is 12.9. The first kappa shape index (κ1) is 16.2. The van der Waals surface area contributed by atoms with E-state index in [1.54, 1.807) is 0 Å². The SMILES string of the molecule is N#Cc1c(F)c(F)c(Nc2ccc(Cl)cc2Br)c(C#N)c1F. The predicted octanol–water partition coefficient (Wildman–Crippen LogP) is 5.01. The summed E-state index contributed by atoms with van der Waals surface area (Å²) in [6, 6.07) is 6.99. The van der Waals surface area contributed by atoms with Crippen LogP contribution in [0.2, 0.25) is 5.02 Å². The predicted molar refractivity (Wildman–Crippen MR) is 78.2 cm³/mol. The fourth-order valence-corrected chi connectivity index (χ4v) is 2.49. The Balaban J connectivity index is 2.66. The van der Waals surface area contributed by atoms with Gasteiger partial charge in [-0.05, 0) is 34.1 Å². The molecule has 0 aromatic heterocycles. The van der Waals surface area contributed by atoms with E-state index in [9.17, 15) is 13.2 Å². The highest BCUT2D eigenvalue weighted by atomic mass is 79.9. The van der Waals surface area contributed by atoms with Crippen LogP contribution in [0, 0.1) is 40.1 Å². The van der Waals surface area contributed by atoms with Crippen molar-refractivity contribution in [3.05, 3.63) is 56.3 Å². The van der Waals surface area contributed by atoms with E-state index in [1.807, 2.05) is 0 Å². The molecule has 0 amide bonds. The van der Waals surface area contributed by atoms with Crippen LogP contribution in [0.5, 0.6) is 0 Å². The standard InChI is InChI=1S/C14H4BrClF3N3/c15-9-3-6(16)1-2-10(9)22-14-8(5-21)11(17)7(4-20)12(18)13(14)19/h1-3,22H. The lowest BCUT2D eigenvalue weighted by atomic mass is 10.1. The third-order valence-corrected chi connectivity index (χ3v) is 3.63. The van der Waals surface area contributed by atoms with Crippen molar-refractivity contribution in [2.24, 2.45) is 0 Å². The number of rotatable bonds is 2. The van der Waals surface area contributed by atoms with Crippen LogP contribution < -0.4 is 5.32 Å². The van der Waals surface area contributed by atoms with Gasteiger partial charge in [-0.2, -0.15) is 10.5 Å². The molecule has 0 aliphatic carbocycles. The Morgan fingerprint density at radius 2 is 1.64 bits per heavy atom. The second kappa shape index (κ2) is 6.27. The number of nitriles is 2. The first-order chi connectivity index (χ1) is 10.4. The number of benzene rings is 2. The first-order valence-corrected chi connectivity index (χ1v) is 6.80. The molecule has 0 spiro atoms. The summed E-state index contributed by atoms with van der Waals surface area (Å²) < 4.78 is 42.0. The maximum atomic E-state index is 14.0. The molecule has 0 heterocycles. The maximum Gasteiger partial charge on any atom is 0.185 e. The minimum absolute atomic E-state index is 0.239. The third-order valence-electron chi connectivity index (χ3n) is 2.74. The molecule has 0 aliphatic heterocycles. The minimum Gasteiger partial charge on any atom is -0.351 e. The van der Waals surface area contributed by atoms with Gasteiger partial charge in [0, 0.05) is 9.50 Å². The normalized spacial score (nSPS) is 9.95. The molecule has 3 nitrogen and oxygen atoms in total. The Bertz CT molecular complexity index is 856. The fourth-order valence-electron chi connectivity index (χ4n) is 1.71. The maximum absolute atomic E-state index is 14.0. The van der Waals surface area contributed by atoms with E-state index >= 15 is 0 Å². The van der Waals surface area contributed by atoms with Crippen LogP contribution in [0.1, 0.15) is 11.1 Å². The molecule has 2 aromatic rings. The van der Waals surface area contributed by atoms with Gasteiger partial charge in [0.05, 0.1) is 11.4 Å². The Hall–Kier alpha value is -2.22. The number of hydrogen-bond acceptors (Lipinski definition) is 3. The largest absolute Gasteiger partial charge is 0.351 e. The number of nitrogens with one attached hydrogen (secondary N) is 1. The highest BCUT2D eigenvalue weighted by Crippen LogP contribution is 2.34. The van der Waals surface area contributed by atoms with Crippen molar-refractivity contribution in [2.45, 2.75) is 0 Å². The number of hydrogen-bond donors (Lipinski definition) is 1. The zero-order chi connectivity index (χ0) is 16.4. The van der Waals surface area contributed by atoms with E-state index in [-0.39, 0.29) is 5.69 Å². The highest BCUT2D eigenvalue weighted by Gasteiger charge is 2.25. The number of anilines is 2. The highest BCUT2D eigenvalue weighted by molar-refractivity contribution is 9.10. The molecule has 1 N–H and O–H groups in total. The lowest BCUT2D eigenvalue weighted by Crippen LogP contribution is -2.06. The van der Waals surface area contributed by atoms with Crippen LogP contribution in [-0.2, 0) is 0 Å². The second-order valence-corrected chi connectivity index (χ2v) is 5.33. The second-order valence-electron chi connectivity index (χ2n) is 4.04. The van der Waals surface area contributed by atoms with E-state index in [1.165, 1.54) is 30.3 Å². The summed E-state index contributed by atoms with van der Waals surface area (Å²) in [5, 5.41) is 20.4. The quantitative estimate of drug-likeness (QED) is 0.738. The van der Waals surface area contributed by atoms with Gasteiger partial charge in [-0.25, -0.2) is 13.2 Å². The molecule has 0 fully saturated rings. The molecular weight excluding hydrogens is 383 g/mol. The van der Waals surface area contributed by atoms with Gasteiger partial charge >= 0.3 is 0 Å². The van der Waals surface area contributed by atoms with Crippen LogP contribution in [0.4, 0.5) is 24.5 Å². The summed E-state index contributed by atoms with van der Waals surface area (Å²) in [6.07, 6.45) is 0. The van der Waals surface area contributed by atoms with Crippen molar-refractivity contribution in [2.75, 3.05) is 5.32 Å². The molecule has 0 saturated heterocycles. The fraction of sp³-hybridized carbons (Fsp3) is 0. The van der Waals surface area contributed by atoms with Gasteiger partial charge in [0.25, 0.3) is 0 Å². The van der Waals surface area contributed by atoms with E-state index in [0.717, 1.165) is 0 Å². The third kappa shape index (κ3) is 2.74. The average Bonchev–Trinajstić information content (AvgIpc) is 2.48. The van der Waals surface area contributed by atoms with Crippen LogP contribution in [-0.4, -0.2) is 0 Å². The number of halogens is 5.